The minimum absolute atomic E-state index is 0.00367. The van der Waals surface area contributed by atoms with Crippen LogP contribution >= 0.6 is 11.6 Å². The first kappa shape index (κ1) is 8.31. The molecule has 1 heterocycles. The van der Waals surface area contributed by atoms with Gasteiger partial charge < -0.3 is 10.0 Å². The van der Waals surface area contributed by atoms with Crippen molar-refractivity contribution < 1.29 is 5.11 Å². The molecule has 1 aliphatic heterocycles. The van der Waals surface area contributed by atoms with Crippen LogP contribution in [0.3, 0.4) is 0 Å². The normalized spacial score (nSPS) is 35.1. The molecule has 2 nitrogen and oxygen atoms in total. The lowest BCUT2D eigenvalue weighted by Gasteiger charge is -2.22. The molecule has 1 unspecified atom stereocenters. The van der Waals surface area contributed by atoms with Crippen molar-refractivity contribution in [3.8, 4) is 0 Å². The van der Waals surface area contributed by atoms with Crippen LogP contribution in [0, 0.1) is 5.41 Å². The number of rotatable bonds is 2. The summed E-state index contributed by atoms with van der Waals surface area (Å²) in [6.45, 7) is 2.22. The molecule has 1 atom stereocenters. The third kappa shape index (κ3) is 1.44. The molecular weight excluding hydrogens is 150 g/mol. The van der Waals surface area contributed by atoms with E-state index in [0.717, 1.165) is 19.5 Å². The maximum atomic E-state index is 9.02. The zero-order chi connectivity index (χ0) is 7.61. The highest BCUT2D eigenvalue weighted by Crippen LogP contribution is 2.29. The topological polar surface area (TPSA) is 23.5 Å². The van der Waals surface area contributed by atoms with Gasteiger partial charge in [-0.15, -0.1) is 11.6 Å². The van der Waals surface area contributed by atoms with Gasteiger partial charge in [-0.3, -0.25) is 0 Å². The Morgan fingerprint density at radius 1 is 1.70 bits per heavy atom. The van der Waals surface area contributed by atoms with Crippen molar-refractivity contribution in [3.63, 3.8) is 0 Å². The van der Waals surface area contributed by atoms with E-state index in [9.17, 15) is 0 Å². The highest BCUT2D eigenvalue weighted by molar-refractivity contribution is 6.18. The summed E-state index contributed by atoms with van der Waals surface area (Å²) >= 11 is 5.74. The van der Waals surface area contributed by atoms with Gasteiger partial charge in [0.15, 0.2) is 0 Å². The molecule has 1 fully saturated rings. The van der Waals surface area contributed by atoms with Crippen molar-refractivity contribution in [2.24, 2.45) is 5.41 Å². The third-order valence-electron chi connectivity index (χ3n) is 2.25. The molecule has 0 aromatic rings. The third-order valence-corrected chi connectivity index (χ3v) is 2.82. The number of likely N-dealkylation sites (tertiary alicyclic amines) is 1. The summed E-state index contributed by atoms with van der Waals surface area (Å²) in [5.74, 6) is 0.577. The molecule has 3 heteroatoms. The van der Waals surface area contributed by atoms with E-state index in [4.69, 9.17) is 16.7 Å². The lowest BCUT2D eigenvalue weighted by Crippen LogP contribution is -2.30. The van der Waals surface area contributed by atoms with Crippen molar-refractivity contribution in [1.29, 1.82) is 0 Å². The van der Waals surface area contributed by atoms with E-state index in [1.807, 2.05) is 0 Å². The van der Waals surface area contributed by atoms with Crippen LogP contribution in [0.5, 0.6) is 0 Å². The number of hydrogen-bond acceptors (Lipinski definition) is 2. The average Bonchev–Trinajstić information content (AvgIpc) is 2.33. The summed E-state index contributed by atoms with van der Waals surface area (Å²) in [6, 6.07) is 0. The smallest absolute Gasteiger partial charge is 0.0511 e. The summed E-state index contributed by atoms with van der Waals surface area (Å²) in [6.07, 6.45) is 1.03. The fourth-order valence-electron chi connectivity index (χ4n) is 1.44. The molecule has 1 N–H and O–H groups in total. The van der Waals surface area contributed by atoms with Crippen LogP contribution in [0.2, 0.25) is 0 Å². The molecule has 0 aromatic heterocycles. The van der Waals surface area contributed by atoms with Crippen molar-refractivity contribution in [1.82, 2.24) is 4.90 Å². The van der Waals surface area contributed by atoms with Gasteiger partial charge in [0, 0.05) is 17.8 Å². The maximum Gasteiger partial charge on any atom is 0.0511 e. The summed E-state index contributed by atoms with van der Waals surface area (Å²) in [4.78, 5) is 2.21. The number of aliphatic hydroxyl groups is 1. The van der Waals surface area contributed by atoms with Crippen LogP contribution < -0.4 is 0 Å². The van der Waals surface area contributed by atoms with Gasteiger partial charge in [0.05, 0.1) is 6.61 Å². The van der Waals surface area contributed by atoms with Crippen LogP contribution in [0.25, 0.3) is 0 Å². The Hall–Kier alpha value is 0.210. The van der Waals surface area contributed by atoms with Gasteiger partial charge in [0.2, 0.25) is 0 Å². The predicted molar refractivity (Wildman–Crippen MR) is 42.4 cm³/mol. The van der Waals surface area contributed by atoms with Gasteiger partial charge >= 0.3 is 0 Å². The van der Waals surface area contributed by atoms with Crippen LogP contribution in [0.1, 0.15) is 6.42 Å². The van der Waals surface area contributed by atoms with E-state index in [0.29, 0.717) is 5.88 Å². The minimum Gasteiger partial charge on any atom is -0.396 e. The quantitative estimate of drug-likeness (QED) is 0.601. The molecule has 1 saturated heterocycles. The number of halogens is 1. The van der Waals surface area contributed by atoms with Gasteiger partial charge in [-0.25, -0.2) is 0 Å². The summed E-state index contributed by atoms with van der Waals surface area (Å²) in [5.41, 5.74) is -0.00367. The standard InChI is InChI=1S/C7H14ClNO/c1-9-3-2-7(4-8,5-9)6-10/h10H,2-6H2,1H3. The Bertz CT molecular complexity index is 114. The molecule has 0 saturated carbocycles. The van der Waals surface area contributed by atoms with Crippen molar-refractivity contribution >= 4 is 11.6 Å². The van der Waals surface area contributed by atoms with Gasteiger partial charge in [0.25, 0.3) is 0 Å². The molecule has 0 aliphatic carbocycles. The maximum absolute atomic E-state index is 9.02. The number of nitrogens with zero attached hydrogens (tertiary/aromatic N) is 1. The SMILES string of the molecule is CN1CCC(CO)(CCl)C1. The highest BCUT2D eigenvalue weighted by Gasteiger charge is 2.34. The van der Waals surface area contributed by atoms with E-state index in [-0.39, 0.29) is 12.0 Å². The molecule has 0 amide bonds. The van der Waals surface area contributed by atoms with Crippen LogP contribution in [0.4, 0.5) is 0 Å². The zero-order valence-corrected chi connectivity index (χ0v) is 7.06. The van der Waals surface area contributed by atoms with Crippen LogP contribution in [0.15, 0.2) is 0 Å². The van der Waals surface area contributed by atoms with Crippen LogP contribution in [-0.4, -0.2) is 42.6 Å². The van der Waals surface area contributed by atoms with Gasteiger partial charge in [0.1, 0.15) is 0 Å². The van der Waals surface area contributed by atoms with Gasteiger partial charge in [-0.1, -0.05) is 0 Å². The van der Waals surface area contributed by atoms with Crippen molar-refractivity contribution in [3.05, 3.63) is 0 Å². The summed E-state index contributed by atoms with van der Waals surface area (Å²) in [7, 11) is 2.06. The highest BCUT2D eigenvalue weighted by atomic mass is 35.5. The molecule has 1 rings (SSSR count). The molecule has 1 aliphatic rings. The Kier molecular flexibility index (Phi) is 2.55. The lowest BCUT2D eigenvalue weighted by molar-refractivity contribution is 0.153. The van der Waals surface area contributed by atoms with E-state index in [2.05, 4.69) is 11.9 Å². The fraction of sp³-hybridized carbons (Fsp3) is 1.00. The molecule has 10 heavy (non-hydrogen) atoms. The first-order valence-corrected chi connectivity index (χ1v) is 4.11. The summed E-state index contributed by atoms with van der Waals surface area (Å²) < 4.78 is 0. The van der Waals surface area contributed by atoms with Crippen molar-refractivity contribution in [2.75, 3.05) is 32.6 Å². The molecule has 60 valence electrons. The van der Waals surface area contributed by atoms with E-state index >= 15 is 0 Å². The second kappa shape index (κ2) is 3.07. The van der Waals surface area contributed by atoms with Crippen molar-refractivity contribution in [2.45, 2.75) is 6.42 Å². The molecular formula is C7H14ClNO. The van der Waals surface area contributed by atoms with E-state index in [1.54, 1.807) is 0 Å². The largest absolute Gasteiger partial charge is 0.396 e. The Morgan fingerprint density at radius 3 is 2.60 bits per heavy atom. The Balaban J connectivity index is 2.51. The molecule has 0 aromatic carbocycles. The van der Waals surface area contributed by atoms with E-state index in [1.165, 1.54) is 0 Å². The van der Waals surface area contributed by atoms with Crippen LogP contribution in [-0.2, 0) is 0 Å². The monoisotopic (exact) mass is 163 g/mol. The second-order valence-corrected chi connectivity index (χ2v) is 3.55. The zero-order valence-electron chi connectivity index (χ0n) is 6.31. The lowest BCUT2D eigenvalue weighted by atomic mass is 9.91. The van der Waals surface area contributed by atoms with E-state index < -0.39 is 0 Å². The second-order valence-electron chi connectivity index (χ2n) is 3.28. The number of aliphatic hydroxyl groups excluding tert-OH is 1. The number of hydrogen-bond donors (Lipinski definition) is 1. The molecule has 0 spiro atoms. The Morgan fingerprint density at radius 2 is 2.40 bits per heavy atom. The number of alkyl halides is 1. The average molecular weight is 164 g/mol. The first-order valence-electron chi connectivity index (χ1n) is 3.58. The van der Waals surface area contributed by atoms with Gasteiger partial charge in [-0.2, -0.15) is 0 Å². The first-order chi connectivity index (χ1) is 4.72. The predicted octanol–water partition coefficient (Wildman–Crippen LogP) is 0.539. The molecule has 0 bridgehead atoms. The Labute approximate surface area is 66.8 Å². The minimum atomic E-state index is -0.00367. The summed E-state index contributed by atoms with van der Waals surface area (Å²) in [5, 5.41) is 9.02. The van der Waals surface area contributed by atoms with Gasteiger partial charge in [-0.05, 0) is 20.0 Å². The molecule has 0 radical (unpaired) electrons. The fourth-order valence-corrected chi connectivity index (χ4v) is 1.74.